The number of nitrogens with zero attached hydrogens (tertiary/aromatic N) is 1. The maximum absolute atomic E-state index is 4.03. The van der Waals surface area contributed by atoms with Crippen molar-refractivity contribution in [3.8, 4) is 0 Å². The lowest BCUT2D eigenvalue weighted by Crippen LogP contribution is -1.91. The Bertz CT molecular complexity index is 237. The standard InChI is InChI=1S/C10H13N.C2H6/c1-8(2)9(3)10-5-4-6-11-7-10;1-2/h4-8H,3H2,1-2H3;1-2H3. The highest BCUT2D eigenvalue weighted by atomic mass is 14.6. The highest BCUT2D eigenvalue weighted by Crippen LogP contribution is 2.18. The van der Waals surface area contributed by atoms with Crippen LogP contribution in [0.3, 0.4) is 0 Å². The predicted molar refractivity (Wildman–Crippen MR) is 59.5 cm³/mol. The predicted octanol–water partition coefficient (Wildman–Crippen LogP) is 3.78. The van der Waals surface area contributed by atoms with Crippen LogP contribution in [-0.2, 0) is 0 Å². The van der Waals surface area contributed by atoms with Gasteiger partial charge in [-0.3, -0.25) is 4.98 Å². The minimum atomic E-state index is 0.499. The average Bonchev–Trinajstić information content (AvgIpc) is 2.21. The third kappa shape index (κ3) is 3.88. The molecular formula is C12H19N. The quantitative estimate of drug-likeness (QED) is 0.670. The molecule has 1 heterocycles. The maximum Gasteiger partial charge on any atom is 0.0342 e. The molecule has 0 saturated heterocycles. The summed E-state index contributed by atoms with van der Waals surface area (Å²) >= 11 is 0. The minimum absolute atomic E-state index is 0.499. The molecule has 1 nitrogen and oxygen atoms in total. The summed E-state index contributed by atoms with van der Waals surface area (Å²) in [7, 11) is 0. The molecule has 1 heteroatoms. The number of allylic oxidation sites excluding steroid dienone is 1. The summed E-state index contributed by atoms with van der Waals surface area (Å²) in [6.07, 6.45) is 3.62. The van der Waals surface area contributed by atoms with Crippen LogP contribution in [0.25, 0.3) is 5.57 Å². The van der Waals surface area contributed by atoms with Gasteiger partial charge in [0.2, 0.25) is 0 Å². The Balaban J connectivity index is 0.000000671. The molecule has 0 unspecified atom stereocenters. The lowest BCUT2D eigenvalue weighted by Gasteiger charge is -2.07. The van der Waals surface area contributed by atoms with Crippen molar-refractivity contribution in [2.45, 2.75) is 27.7 Å². The van der Waals surface area contributed by atoms with Gasteiger partial charge >= 0.3 is 0 Å². The number of hydrogen-bond donors (Lipinski definition) is 0. The van der Waals surface area contributed by atoms with Crippen molar-refractivity contribution < 1.29 is 0 Å². The van der Waals surface area contributed by atoms with Crippen molar-refractivity contribution in [3.63, 3.8) is 0 Å². The Morgan fingerprint density at radius 1 is 1.38 bits per heavy atom. The van der Waals surface area contributed by atoms with Gasteiger partial charge < -0.3 is 0 Å². The molecule has 0 aliphatic rings. The van der Waals surface area contributed by atoms with Crippen LogP contribution >= 0.6 is 0 Å². The van der Waals surface area contributed by atoms with E-state index in [2.05, 4.69) is 25.4 Å². The zero-order valence-corrected chi connectivity index (χ0v) is 9.04. The Labute approximate surface area is 81.5 Å². The summed E-state index contributed by atoms with van der Waals surface area (Å²) in [6.45, 7) is 12.3. The molecule has 0 fully saturated rings. The van der Waals surface area contributed by atoms with Gasteiger partial charge in [0, 0.05) is 12.4 Å². The van der Waals surface area contributed by atoms with E-state index >= 15 is 0 Å². The largest absolute Gasteiger partial charge is 0.264 e. The third-order valence-corrected chi connectivity index (χ3v) is 1.73. The monoisotopic (exact) mass is 177 g/mol. The van der Waals surface area contributed by atoms with Crippen LogP contribution in [0.4, 0.5) is 0 Å². The first-order chi connectivity index (χ1) is 6.22. The molecule has 1 aromatic heterocycles. The van der Waals surface area contributed by atoms with E-state index in [-0.39, 0.29) is 0 Å². The van der Waals surface area contributed by atoms with Crippen molar-refractivity contribution in [3.05, 3.63) is 36.7 Å². The van der Waals surface area contributed by atoms with E-state index in [4.69, 9.17) is 0 Å². The maximum atomic E-state index is 4.03. The highest BCUT2D eigenvalue weighted by molar-refractivity contribution is 5.63. The van der Waals surface area contributed by atoms with E-state index in [9.17, 15) is 0 Å². The van der Waals surface area contributed by atoms with Gasteiger partial charge in [0.05, 0.1) is 0 Å². The average molecular weight is 177 g/mol. The normalized spacial score (nSPS) is 9.00. The Morgan fingerprint density at radius 2 is 2.00 bits per heavy atom. The zero-order chi connectivity index (χ0) is 10.3. The van der Waals surface area contributed by atoms with Crippen LogP contribution in [0.5, 0.6) is 0 Å². The van der Waals surface area contributed by atoms with Crippen molar-refractivity contribution in [2.75, 3.05) is 0 Å². The lowest BCUT2D eigenvalue weighted by atomic mass is 9.99. The molecule has 1 rings (SSSR count). The van der Waals surface area contributed by atoms with E-state index in [1.807, 2.05) is 32.2 Å². The molecule has 0 bridgehead atoms. The molecule has 0 spiro atoms. The molecule has 0 aliphatic carbocycles. The van der Waals surface area contributed by atoms with Gasteiger partial charge in [-0.1, -0.05) is 40.3 Å². The smallest absolute Gasteiger partial charge is 0.0342 e. The molecule has 13 heavy (non-hydrogen) atoms. The number of aromatic nitrogens is 1. The van der Waals surface area contributed by atoms with Crippen molar-refractivity contribution >= 4 is 5.57 Å². The fourth-order valence-electron chi connectivity index (χ4n) is 0.886. The first kappa shape index (κ1) is 11.9. The van der Waals surface area contributed by atoms with Crippen LogP contribution < -0.4 is 0 Å². The first-order valence-electron chi connectivity index (χ1n) is 4.81. The summed E-state index contributed by atoms with van der Waals surface area (Å²) < 4.78 is 0. The number of pyridine rings is 1. The topological polar surface area (TPSA) is 12.9 Å². The molecule has 0 amide bonds. The molecule has 1 aromatic rings. The summed E-state index contributed by atoms with van der Waals surface area (Å²) in [5.74, 6) is 0.499. The molecule has 0 aromatic carbocycles. The first-order valence-corrected chi connectivity index (χ1v) is 4.81. The fourth-order valence-corrected chi connectivity index (χ4v) is 0.886. The van der Waals surface area contributed by atoms with Crippen LogP contribution in [0.2, 0.25) is 0 Å². The SMILES string of the molecule is C=C(c1cccnc1)C(C)C.CC. The third-order valence-electron chi connectivity index (χ3n) is 1.73. The molecule has 0 radical (unpaired) electrons. The van der Waals surface area contributed by atoms with E-state index < -0.39 is 0 Å². The van der Waals surface area contributed by atoms with Crippen molar-refractivity contribution in [2.24, 2.45) is 5.92 Å². The molecule has 0 atom stereocenters. The van der Waals surface area contributed by atoms with Gasteiger partial charge in [-0.2, -0.15) is 0 Å². The van der Waals surface area contributed by atoms with E-state index in [0.717, 1.165) is 11.1 Å². The fraction of sp³-hybridized carbons (Fsp3) is 0.417. The summed E-state index contributed by atoms with van der Waals surface area (Å²) in [5.41, 5.74) is 2.29. The Kier molecular flexibility index (Phi) is 5.86. The second-order valence-electron chi connectivity index (χ2n) is 2.92. The van der Waals surface area contributed by atoms with Gasteiger partial charge in [-0.05, 0) is 23.1 Å². The molecule has 72 valence electrons. The van der Waals surface area contributed by atoms with Gasteiger partial charge in [0.15, 0.2) is 0 Å². The van der Waals surface area contributed by atoms with E-state index in [1.54, 1.807) is 6.20 Å². The summed E-state index contributed by atoms with van der Waals surface area (Å²) in [4.78, 5) is 4.03. The molecule has 0 N–H and O–H groups in total. The summed E-state index contributed by atoms with van der Waals surface area (Å²) in [6, 6.07) is 3.97. The Morgan fingerprint density at radius 3 is 2.38 bits per heavy atom. The van der Waals surface area contributed by atoms with E-state index in [0.29, 0.717) is 5.92 Å². The van der Waals surface area contributed by atoms with Crippen LogP contribution in [-0.4, -0.2) is 4.98 Å². The molecule has 0 aliphatic heterocycles. The van der Waals surface area contributed by atoms with Crippen LogP contribution in [0.1, 0.15) is 33.3 Å². The molecule has 0 saturated carbocycles. The Hall–Kier alpha value is -1.11. The van der Waals surface area contributed by atoms with Crippen LogP contribution in [0, 0.1) is 5.92 Å². The van der Waals surface area contributed by atoms with Crippen LogP contribution in [0.15, 0.2) is 31.1 Å². The summed E-state index contributed by atoms with van der Waals surface area (Å²) in [5, 5.41) is 0. The van der Waals surface area contributed by atoms with Crippen molar-refractivity contribution in [1.82, 2.24) is 4.98 Å². The van der Waals surface area contributed by atoms with Crippen molar-refractivity contribution in [1.29, 1.82) is 0 Å². The van der Waals surface area contributed by atoms with Gasteiger partial charge in [0.1, 0.15) is 0 Å². The van der Waals surface area contributed by atoms with E-state index in [1.165, 1.54) is 0 Å². The number of rotatable bonds is 2. The van der Waals surface area contributed by atoms with Gasteiger partial charge in [0.25, 0.3) is 0 Å². The van der Waals surface area contributed by atoms with Gasteiger partial charge in [-0.15, -0.1) is 0 Å². The highest BCUT2D eigenvalue weighted by Gasteiger charge is 2.01. The second kappa shape index (κ2) is 6.41. The molecular weight excluding hydrogens is 158 g/mol. The lowest BCUT2D eigenvalue weighted by molar-refractivity contribution is 0.856. The van der Waals surface area contributed by atoms with Gasteiger partial charge in [-0.25, -0.2) is 0 Å². The number of hydrogen-bond acceptors (Lipinski definition) is 1. The zero-order valence-electron chi connectivity index (χ0n) is 9.04. The second-order valence-corrected chi connectivity index (χ2v) is 2.92. The minimum Gasteiger partial charge on any atom is -0.264 e.